The smallest absolute Gasteiger partial charge is 0.147 e. The van der Waals surface area contributed by atoms with Crippen molar-refractivity contribution < 1.29 is 4.74 Å². The zero-order chi connectivity index (χ0) is 13.4. The highest BCUT2D eigenvalue weighted by Crippen LogP contribution is 2.48. The maximum Gasteiger partial charge on any atom is 0.147 e. The standard InChI is InChI=1S/C15H19ClN2O/c1-3-10-8-12(10)18-11-6-5-7-13(19-4-2)15(11)17-14(18)9-16/h5-7,10,12H,3-4,8-9H2,1-2H3. The Bertz CT molecular complexity index is 593. The van der Waals surface area contributed by atoms with Gasteiger partial charge in [0.15, 0.2) is 0 Å². The molecule has 1 aromatic carbocycles. The van der Waals surface area contributed by atoms with Crippen LogP contribution < -0.4 is 4.74 Å². The number of aromatic nitrogens is 2. The summed E-state index contributed by atoms with van der Waals surface area (Å²) in [7, 11) is 0. The van der Waals surface area contributed by atoms with Gasteiger partial charge in [-0.15, -0.1) is 11.6 Å². The summed E-state index contributed by atoms with van der Waals surface area (Å²) in [6.07, 6.45) is 2.46. The molecular formula is C15H19ClN2O. The molecule has 2 unspecified atom stereocenters. The van der Waals surface area contributed by atoms with Crippen LogP contribution in [-0.2, 0) is 5.88 Å². The molecule has 0 bridgehead atoms. The number of para-hydroxylation sites is 1. The van der Waals surface area contributed by atoms with E-state index in [2.05, 4.69) is 22.5 Å². The van der Waals surface area contributed by atoms with E-state index in [9.17, 15) is 0 Å². The number of alkyl halides is 1. The average Bonchev–Trinajstić information content (AvgIpc) is 3.11. The highest BCUT2D eigenvalue weighted by atomic mass is 35.5. The topological polar surface area (TPSA) is 27.1 Å². The van der Waals surface area contributed by atoms with Crippen molar-refractivity contribution in [3.8, 4) is 5.75 Å². The van der Waals surface area contributed by atoms with Gasteiger partial charge in [0.05, 0.1) is 18.0 Å². The highest BCUT2D eigenvalue weighted by molar-refractivity contribution is 6.16. The number of fused-ring (bicyclic) bond motifs is 1. The molecule has 1 heterocycles. The van der Waals surface area contributed by atoms with Crippen molar-refractivity contribution in [1.29, 1.82) is 0 Å². The third kappa shape index (κ3) is 2.10. The Morgan fingerprint density at radius 2 is 2.26 bits per heavy atom. The van der Waals surface area contributed by atoms with Crippen molar-refractivity contribution in [2.75, 3.05) is 6.61 Å². The van der Waals surface area contributed by atoms with Gasteiger partial charge in [-0.2, -0.15) is 0 Å². The minimum absolute atomic E-state index is 0.452. The lowest BCUT2D eigenvalue weighted by Gasteiger charge is -2.07. The number of rotatable bonds is 5. The largest absolute Gasteiger partial charge is 0.492 e. The van der Waals surface area contributed by atoms with Crippen molar-refractivity contribution >= 4 is 22.6 Å². The predicted octanol–water partition coefficient (Wildman–Crippen LogP) is 4.14. The fourth-order valence-corrected chi connectivity index (χ4v) is 3.05. The first kappa shape index (κ1) is 12.8. The number of halogens is 1. The van der Waals surface area contributed by atoms with E-state index in [1.54, 1.807) is 0 Å². The van der Waals surface area contributed by atoms with E-state index in [4.69, 9.17) is 16.3 Å². The Hall–Kier alpha value is -1.22. The van der Waals surface area contributed by atoms with Gasteiger partial charge in [0, 0.05) is 6.04 Å². The van der Waals surface area contributed by atoms with Gasteiger partial charge in [-0.25, -0.2) is 4.98 Å². The molecule has 3 rings (SSSR count). The minimum Gasteiger partial charge on any atom is -0.492 e. The van der Waals surface area contributed by atoms with Gasteiger partial charge in [-0.1, -0.05) is 19.4 Å². The molecule has 0 N–H and O–H groups in total. The van der Waals surface area contributed by atoms with Crippen LogP contribution in [0.4, 0.5) is 0 Å². The summed E-state index contributed by atoms with van der Waals surface area (Å²) in [6, 6.07) is 6.70. The van der Waals surface area contributed by atoms with Gasteiger partial charge >= 0.3 is 0 Å². The Labute approximate surface area is 118 Å². The number of imidazole rings is 1. The number of hydrogen-bond donors (Lipinski definition) is 0. The van der Waals surface area contributed by atoms with E-state index >= 15 is 0 Å². The quantitative estimate of drug-likeness (QED) is 0.769. The molecule has 1 fully saturated rings. The summed E-state index contributed by atoms with van der Waals surface area (Å²) in [5, 5.41) is 0. The Balaban J connectivity index is 2.12. The molecule has 0 spiro atoms. The van der Waals surface area contributed by atoms with E-state index in [0.29, 0.717) is 18.5 Å². The summed E-state index contributed by atoms with van der Waals surface area (Å²) >= 11 is 6.07. The molecule has 0 radical (unpaired) electrons. The van der Waals surface area contributed by atoms with Crippen LogP contribution in [0, 0.1) is 5.92 Å². The fourth-order valence-electron chi connectivity index (χ4n) is 2.86. The molecule has 19 heavy (non-hydrogen) atoms. The molecule has 0 amide bonds. The summed E-state index contributed by atoms with van der Waals surface area (Å²) < 4.78 is 7.98. The number of nitrogens with zero attached hydrogens (tertiary/aromatic N) is 2. The van der Waals surface area contributed by atoms with Crippen molar-refractivity contribution in [1.82, 2.24) is 9.55 Å². The van der Waals surface area contributed by atoms with E-state index < -0.39 is 0 Å². The van der Waals surface area contributed by atoms with Gasteiger partial charge in [0.2, 0.25) is 0 Å². The monoisotopic (exact) mass is 278 g/mol. The molecule has 1 aromatic heterocycles. The Kier molecular flexibility index (Phi) is 3.40. The van der Waals surface area contributed by atoms with Gasteiger partial charge < -0.3 is 9.30 Å². The van der Waals surface area contributed by atoms with Crippen molar-refractivity contribution in [2.45, 2.75) is 38.6 Å². The van der Waals surface area contributed by atoms with Crippen LogP contribution in [0.15, 0.2) is 18.2 Å². The van der Waals surface area contributed by atoms with Crippen LogP contribution >= 0.6 is 11.6 Å². The molecule has 2 atom stereocenters. The van der Waals surface area contributed by atoms with Crippen molar-refractivity contribution in [2.24, 2.45) is 5.92 Å². The summed E-state index contributed by atoms with van der Waals surface area (Å²) in [5.74, 6) is 3.05. The van der Waals surface area contributed by atoms with Crippen LogP contribution in [0.2, 0.25) is 0 Å². The van der Waals surface area contributed by atoms with Crippen LogP contribution in [0.1, 0.15) is 38.6 Å². The Morgan fingerprint density at radius 1 is 1.42 bits per heavy atom. The van der Waals surface area contributed by atoms with E-state index in [0.717, 1.165) is 28.5 Å². The maximum absolute atomic E-state index is 6.07. The van der Waals surface area contributed by atoms with Gasteiger partial charge in [-0.3, -0.25) is 0 Å². The normalized spacial score (nSPS) is 21.8. The number of ether oxygens (including phenoxy) is 1. The van der Waals surface area contributed by atoms with E-state index in [-0.39, 0.29) is 0 Å². The van der Waals surface area contributed by atoms with Gasteiger partial charge in [-0.05, 0) is 31.4 Å². The number of benzene rings is 1. The maximum atomic E-state index is 6.07. The van der Waals surface area contributed by atoms with Crippen molar-refractivity contribution in [3.63, 3.8) is 0 Å². The fraction of sp³-hybridized carbons (Fsp3) is 0.533. The zero-order valence-corrected chi connectivity index (χ0v) is 12.2. The van der Waals surface area contributed by atoms with Crippen LogP contribution in [0.5, 0.6) is 5.75 Å². The molecule has 2 aromatic rings. The third-order valence-corrected chi connectivity index (χ3v) is 4.16. The molecule has 4 heteroatoms. The lowest BCUT2D eigenvalue weighted by Crippen LogP contribution is -2.01. The highest BCUT2D eigenvalue weighted by Gasteiger charge is 2.39. The minimum atomic E-state index is 0.452. The number of hydrogen-bond acceptors (Lipinski definition) is 2. The molecular weight excluding hydrogens is 260 g/mol. The first-order valence-electron chi connectivity index (χ1n) is 6.98. The van der Waals surface area contributed by atoms with Crippen LogP contribution in [0.3, 0.4) is 0 Å². The first-order chi connectivity index (χ1) is 9.30. The molecule has 1 aliphatic rings. The van der Waals surface area contributed by atoms with E-state index in [1.165, 1.54) is 12.8 Å². The first-order valence-corrected chi connectivity index (χ1v) is 7.52. The lowest BCUT2D eigenvalue weighted by molar-refractivity contribution is 0.343. The second kappa shape index (κ2) is 5.04. The molecule has 3 nitrogen and oxygen atoms in total. The predicted molar refractivity (Wildman–Crippen MR) is 77.9 cm³/mol. The average molecular weight is 279 g/mol. The van der Waals surface area contributed by atoms with Crippen molar-refractivity contribution in [3.05, 3.63) is 24.0 Å². The molecule has 0 aliphatic heterocycles. The molecule has 1 saturated carbocycles. The summed E-state index contributed by atoms with van der Waals surface area (Å²) in [5.41, 5.74) is 2.10. The van der Waals surface area contributed by atoms with Crippen LogP contribution in [-0.4, -0.2) is 16.2 Å². The van der Waals surface area contributed by atoms with Crippen LogP contribution in [0.25, 0.3) is 11.0 Å². The molecule has 1 aliphatic carbocycles. The molecule has 102 valence electrons. The second-order valence-electron chi connectivity index (χ2n) is 5.06. The second-order valence-corrected chi connectivity index (χ2v) is 5.33. The van der Waals surface area contributed by atoms with E-state index in [1.807, 2.05) is 19.1 Å². The SMILES string of the molecule is CCOc1cccc2c1nc(CCl)n2C1CC1CC. The lowest BCUT2D eigenvalue weighted by atomic mass is 10.2. The molecule has 0 saturated heterocycles. The summed E-state index contributed by atoms with van der Waals surface area (Å²) in [6.45, 7) is 4.89. The Morgan fingerprint density at radius 3 is 2.89 bits per heavy atom. The van der Waals surface area contributed by atoms with Gasteiger partial charge in [0.25, 0.3) is 0 Å². The summed E-state index contributed by atoms with van der Waals surface area (Å²) in [4.78, 5) is 4.69. The zero-order valence-electron chi connectivity index (χ0n) is 11.4. The van der Waals surface area contributed by atoms with Gasteiger partial charge in [0.1, 0.15) is 17.1 Å². The third-order valence-electron chi connectivity index (χ3n) is 3.92.